The highest BCUT2D eigenvalue weighted by molar-refractivity contribution is 5.76. The highest BCUT2D eigenvalue weighted by Crippen LogP contribution is 2.16. The summed E-state index contributed by atoms with van der Waals surface area (Å²) in [5.41, 5.74) is 1.76. The molecule has 0 aliphatic carbocycles. The molecule has 0 unspecified atom stereocenters. The van der Waals surface area contributed by atoms with Crippen molar-refractivity contribution in [1.82, 2.24) is 10.3 Å². The lowest BCUT2D eigenvalue weighted by Gasteiger charge is -2.06. The zero-order valence-corrected chi connectivity index (χ0v) is 11.2. The number of aryl methyl sites for hydroxylation is 1. The van der Waals surface area contributed by atoms with Gasteiger partial charge in [-0.1, -0.05) is 24.3 Å². The standard InChI is InChI=1S/C16H18N2O2/c19-15-7-2-1-5-13(15)8-9-16(20)18-12-10-14-6-3-4-11-17-14/h1-7,11,19H,8-10,12H2,(H,18,20). The maximum atomic E-state index is 11.7. The highest BCUT2D eigenvalue weighted by atomic mass is 16.3. The molecule has 1 aromatic heterocycles. The zero-order valence-electron chi connectivity index (χ0n) is 11.2. The van der Waals surface area contributed by atoms with E-state index in [0.29, 0.717) is 19.4 Å². The fraction of sp³-hybridized carbons (Fsp3) is 0.250. The fourth-order valence-electron chi connectivity index (χ4n) is 1.93. The predicted molar refractivity (Wildman–Crippen MR) is 77.4 cm³/mol. The van der Waals surface area contributed by atoms with E-state index in [1.54, 1.807) is 18.3 Å². The second kappa shape index (κ2) is 7.28. The van der Waals surface area contributed by atoms with Crippen LogP contribution < -0.4 is 5.32 Å². The summed E-state index contributed by atoms with van der Waals surface area (Å²) in [6.07, 6.45) is 3.39. The van der Waals surface area contributed by atoms with Gasteiger partial charge in [-0.2, -0.15) is 0 Å². The Morgan fingerprint density at radius 1 is 1.10 bits per heavy atom. The van der Waals surface area contributed by atoms with E-state index in [1.165, 1.54) is 0 Å². The number of carbonyl (C=O) groups is 1. The van der Waals surface area contributed by atoms with Gasteiger partial charge >= 0.3 is 0 Å². The molecule has 0 radical (unpaired) electrons. The Balaban J connectivity index is 1.70. The van der Waals surface area contributed by atoms with Gasteiger partial charge < -0.3 is 10.4 Å². The van der Waals surface area contributed by atoms with Crippen molar-refractivity contribution >= 4 is 5.91 Å². The van der Waals surface area contributed by atoms with Crippen LogP contribution in [0.5, 0.6) is 5.75 Å². The molecule has 0 atom stereocenters. The van der Waals surface area contributed by atoms with E-state index in [4.69, 9.17) is 0 Å². The number of benzene rings is 1. The molecule has 2 N–H and O–H groups in total. The van der Waals surface area contributed by atoms with E-state index in [1.807, 2.05) is 30.3 Å². The summed E-state index contributed by atoms with van der Waals surface area (Å²) >= 11 is 0. The second-order valence-electron chi connectivity index (χ2n) is 4.55. The van der Waals surface area contributed by atoms with Crippen molar-refractivity contribution in [3.05, 3.63) is 59.9 Å². The van der Waals surface area contributed by atoms with Crippen molar-refractivity contribution < 1.29 is 9.90 Å². The first kappa shape index (κ1) is 14.1. The summed E-state index contributed by atoms with van der Waals surface area (Å²) in [6, 6.07) is 12.8. The molecular formula is C16H18N2O2. The number of hydrogen-bond donors (Lipinski definition) is 2. The van der Waals surface area contributed by atoms with Crippen LogP contribution in [-0.4, -0.2) is 22.5 Å². The predicted octanol–water partition coefficient (Wildman–Crippen LogP) is 2.08. The Bertz CT molecular complexity index is 555. The van der Waals surface area contributed by atoms with Crippen molar-refractivity contribution in [3.63, 3.8) is 0 Å². The summed E-state index contributed by atoms with van der Waals surface area (Å²) in [7, 11) is 0. The molecule has 0 saturated carbocycles. The number of carbonyl (C=O) groups excluding carboxylic acids is 1. The molecule has 0 spiro atoms. The van der Waals surface area contributed by atoms with Crippen molar-refractivity contribution in [2.24, 2.45) is 0 Å². The van der Waals surface area contributed by atoms with Crippen LogP contribution >= 0.6 is 0 Å². The lowest BCUT2D eigenvalue weighted by Crippen LogP contribution is -2.26. The molecule has 0 aliphatic rings. The molecule has 0 aliphatic heterocycles. The minimum Gasteiger partial charge on any atom is -0.508 e. The van der Waals surface area contributed by atoms with Gasteiger partial charge in [0.05, 0.1) is 0 Å². The maximum absolute atomic E-state index is 11.7. The smallest absolute Gasteiger partial charge is 0.220 e. The van der Waals surface area contributed by atoms with Crippen LogP contribution in [0.15, 0.2) is 48.7 Å². The van der Waals surface area contributed by atoms with Crippen LogP contribution in [0, 0.1) is 0 Å². The number of nitrogens with zero attached hydrogens (tertiary/aromatic N) is 1. The number of para-hydroxylation sites is 1. The van der Waals surface area contributed by atoms with Crippen molar-refractivity contribution in [1.29, 1.82) is 0 Å². The molecule has 0 bridgehead atoms. The number of phenolic OH excluding ortho intramolecular Hbond substituents is 1. The van der Waals surface area contributed by atoms with Gasteiger partial charge in [-0.3, -0.25) is 9.78 Å². The second-order valence-corrected chi connectivity index (χ2v) is 4.55. The van der Waals surface area contributed by atoms with Gasteiger partial charge in [-0.05, 0) is 30.2 Å². The lowest BCUT2D eigenvalue weighted by molar-refractivity contribution is -0.121. The fourth-order valence-corrected chi connectivity index (χ4v) is 1.93. The number of pyridine rings is 1. The third-order valence-corrected chi connectivity index (χ3v) is 3.04. The molecule has 0 fully saturated rings. The number of hydrogen-bond acceptors (Lipinski definition) is 3. The number of aromatic nitrogens is 1. The Morgan fingerprint density at radius 2 is 1.90 bits per heavy atom. The lowest BCUT2D eigenvalue weighted by atomic mass is 10.1. The van der Waals surface area contributed by atoms with Crippen LogP contribution in [0.3, 0.4) is 0 Å². The highest BCUT2D eigenvalue weighted by Gasteiger charge is 2.05. The van der Waals surface area contributed by atoms with Gasteiger partial charge in [-0.15, -0.1) is 0 Å². The maximum Gasteiger partial charge on any atom is 0.220 e. The molecule has 1 heterocycles. The summed E-state index contributed by atoms with van der Waals surface area (Å²) < 4.78 is 0. The van der Waals surface area contributed by atoms with Gasteiger partial charge in [-0.25, -0.2) is 0 Å². The average Bonchev–Trinajstić information content (AvgIpc) is 2.47. The van der Waals surface area contributed by atoms with Crippen molar-refractivity contribution in [3.8, 4) is 5.75 Å². The van der Waals surface area contributed by atoms with Gasteiger partial charge in [0.2, 0.25) is 5.91 Å². The number of amides is 1. The number of phenols is 1. The van der Waals surface area contributed by atoms with Crippen LogP contribution in [0.1, 0.15) is 17.7 Å². The van der Waals surface area contributed by atoms with Gasteiger partial charge in [0.1, 0.15) is 5.75 Å². The molecule has 1 amide bonds. The van der Waals surface area contributed by atoms with E-state index >= 15 is 0 Å². The van der Waals surface area contributed by atoms with Crippen LogP contribution in [0.4, 0.5) is 0 Å². The molecular weight excluding hydrogens is 252 g/mol. The molecule has 1 aromatic carbocycles. The summed E-state index contributed by atoms with van der Waals surface area (Å²) in [5.74, 6) is 0.234. The van der Waals surface area contributed by atoms with Gasteiger partial charge in [0.15, 0.2) is 0 Å². The first-order chi connectivity index (χ1) is 9.75. The minimum absolute atomic E-state index is 0.0100. The third-order valence-electron chi connectivity index (χ3n) is 3.04. The Labute approximate surface area is 118 Å². The number of nitrogens with one attached hydrogen (secondary N) is 1. The Hall–Kier alpha value is -2.36. The van der Waals surface area contributed by atoms with E-state index in [0.717, 1.165) is 17.7 Å². The first-order valence-corrected chi connectivity index (χ1v) is 6.69. The van der Waals surface area contributed by atoms with Crippen molar-refractivity contribution in [2.45, 2.75) is 19.3 Å². The van der Waals surface area contributed by atoms with Crippen molar-refractivity contribution in [2.75, 3.05) is 6.54 Å². The summed E-state index contributed by atoms with van der Waals surface area (Å²) in [6.45, 7) is 0.580. The van der Waals surface area contributed by atoms with Gasteiger partial charge in [0.25, 0.3) is 0 Å². The molecule has 104 valence electrons. The van der Waals surface area contributed by atoms with E-state index in [-0.39, 0.29) is 11.7 Å². The largest absolute Gasteiger partial charge is 0.508 e. The number of rotatable bonds is 6. The quantitative estimate of drug-likeness (QED) is 0.844. The molecule has 2 aromatic rings. The van der Waals surface area contributed by atoms with Crippen LogP contribution in [0.25, 0.3) is 0 Å². The number of aromatic hydroxyl groups is 1. The Kier molecular flexibility index (Phi) is 5.12. The van der Waals surface area contributed by atoms with Crippen LogP contribution in [0.2, 0.25) is 0 Å². The Morgan fingerprint density at radius 3 is 2.65 bits per heavy atom. The first-order valence-electron chi connectivity index (χ1n) is 6.69. The van der Waals surface area contributed by atoms with Crippen LogP contribution in [-0.2, 0) is 17.6 Å². The summed E-state index contributed by atoms with van der Waals surface area (Å²) in [5, 5.41) is 12.5. The molecule has 2 rings (SSSR count). The zero-order chi connectivity index (χ0) is 14.2. The SMILES string of the molecule is O=C(CCc1ccccc1O)NCCc1ccccn1. The monoisotopic (exact) mass is 270 g/mol. The molecule has 4 heteroatoms. The topological polar surface area (TPSA) is 62.2 Å². The normalized spacial score (nSPS) is 10.2. The van der Waals surface area contributed by atoms with Gasteiger partial charge in [0, 0.05) is 31.3 Å². The summed E-state index contributed by atoms with van der Waals surface area (Å²) in [4.78, 5) is 15.9. The third kappa shape index (κ3) is 4.39. The molecule has 4 nitrogen and oxygen atoms in total. The minimum atomic E-state index is -0.0100. The average molecular weight is 270 g/mol. The van der Waals surface area contributed by atoms with E-state index < -0.39 is 0 Å². The van der Waals surface area contributed by atoms with E-state index in [2.05, 4.69) is 10.3 Å². The molecule has 0 saturated heterocycles. The van der Waals surface area contributed by atoms with E-state index in [9.17, 15) is 9.90 Å². The molecule has 20 heavy (non-hydrogen) atoms.